The Morgan fingerprint density at radius 2 is 2.25 bits per heavy atom. The lowest BCUT2D eigenvalue weighted by molar-refractivity contribution is -0.129. The molecule has 3 aliphatic rings. The number of carbonyl (C=O) groups excluding carboxylic acids is 1. The van der Waals surface area contributed by atoms with Gasteiger partial charge in [-0.1, -0.05) is 0 Å². The first kappa shape index (κ1) is 8.05. The van der Waals surface area contributed by atoms with Gasteiger partial charge in [0, 0.05) is 26.1 Å². The quantitative estimate of drug-likeness (QED) is 0.561. The maximum absolute atomic E-state index is 11.2. The van der Waals surface area contributed by atoms with Crippen LogP contribution in [-0.4, -0.2) is 36.5 Å². The van der Waals surface area contributed by atoms with Gasteiger partial charge in [0.25, 0.3) is 0 Å². The molecule has 3 heteroatoms. The molecule has 3 nitrogen and oxygen atoms in total. The first-order valence-electron chi connectivity index (χ1n) is 4.74. The van der Waals surface area contributed by atoms with Crippen LogP contribution in [0, 0.1) is 5.92 Å². The summed E-state index contributed by atoms with van der Waals surface area (Å²) in [6.07, 6.45) is 2.54. The largest absolute Gasteiger partial charge is 0.341 e. The lowest BCUT2D eigenvalue weighted by atomic mass is 9.97. The Kier molecular flexibility index (Phi) is 2.05. The van der Waals surface area contributed by atoms with Gasteiger partial charge in [0.2, 0.25) is 5.91 Å². The number of nitrogens with one attached hydrogen (secondary N) is 1. The molecule has 2 unspecified atom stereocenters. The summed E-state index contributed by atoms with van der Waals surface area (Å²) >= 11 is 0. The Labute approximate surface area is 73.1 Å². The van der Waals surface area contributed by atoms with Gasteiger partial charge in [-0.25, -0.2) is 0 Å². The molecule has 1 amide bonds. The van der Waals surface area contributed by atoms with Crippen LogP contribution in [0.5, 0.6) is 0 Å². The zero-order valence-electron chi connectivity index (χ0n) is 7.55. The summed E-state index contributed by atoms with van der Waals surface area (Å²) in [5.41, 5.74) is 0. The first-order chi connectivity index (χ1) is 5.75. The van der Waals surface area contributed by atoms with E-state index in [4.69, 9.17) is 0 Å². The molecule has 3 heterocycles. The standard InChI is InChI=1S/C9H16N2O/c1-7(12)11-5-8-2-3-9(6-11)10-4-8/h8-10H,2-6H2,1H3. The average Bonchev–Trinajstić information content (AvgIpc) is 2.36. The van der Waals surface area contributed by atoms with Crippen LogP contribution in [0.3, 0.4) is 0 Å². The van der Waals surface area contributed by atoms with Gasteiger partial charge < -0.3 is 10.2 Å². The number of fused-ring (bicyclic) bond motifs is 4. The van der Waals surface area contributed by atoms with Crippen molar-refractivity contribution in [2.24, 2.45) is 5.92 Å². The van der Waals surface area contributed by atoms with Gasteiger partial charge in [0.15, 0.2) is 0 Å². The summed E-state index contributed by atoms with van der Waals surface area (Å²) in [5, 5.41) is 3.47. The van der Waals surface area contributed by atoms with Crippen molar-refractivity contribution in [3.05, 3.63) is 0 Å². The maximum Gasteiger partial charge on any atom is 0.219 e. The van der Waals surface area contributed by atoms with Crippen LogP contribution < -0.4 is 5.32 Å². The SMILES string of the molecule is CC(=O)N1CC2CCC(C1)NC2. The van der Waals surface area contributed by atoms with Gasteiger partial charge >= 0.3 is 0 Å². The lowest BCUT2D eigenvalue weighted by Crippen LogP contribution is -2.40. The van der Waals surface area contributed by atoms with E-state index < -0.39 is 0 Å². The molecule has 3 saturated heterocycles. The molecule has 0 aliphatic carbocycles. The smallest absolute Gasteiger partial charge is 0.219 e. The molecule has 0 spiro atoms. The highest BCUT2D eigenvalue weighted by molar-refractivity contribution is 5.73. The molecule has 3 rings (SSSR count). The fourth-order valence-electron chi connectivity index (χ4n) is 2.20. The number of nitrogens with zero attached hydrogens (tertiary/aromatic N) is 1. The number of carbonyl (C=O) groups is 1. The predicted octanol–water partition coefficient (Wildman–Crippen LogP) is 0.217. The molecule has 68 valence electrons. The van der Waals surface area contributed by atoms with E-state index in [1.807, 2.05) is 4.90 Å². The van der Waals surface area contributed by atoms with E-state index in [1.165, 1.54) is 12.8 Å². The Balaban J connectivity index is 2.06. The van der Waals surface area contributed by atoms with Crippen LogP contribution in [0.4, 0.5) is 0 Å². The lowest BCUT2D eigenvalue weighted by Gasteiger charge is -2.22. The van der Waals surface area contributed by atoms with Crippen molar-refractivity contribution in [1.29, 1.82) is 0 Å². The van der Waals surface area contributed by atoms with Crippen LogP contribution >= 0.6 is 0 Å². The third kappa shape index (κ3) is 1.46. The third-order valence-electron chi connectivity index (χ3n) is 2.98. The molecular formula is C9H16N2O. The summed E-state index contributed by atoms with van der Waals surface area (Å²) in [7, 11) is 0. The van der Waals surface area contributed by atoms with E-state index in [2.05, 4.69) is 5.32 Å². The Bertz CT molecular complexity index is 171. The van der Waals surface area contributed by atoms with Gasteiger partial charge in [0.05, 0.1) is 0 Å². The zero-order chi connectivity index (χ0) is 8.55. The number of rotatable bonds is 0. The van der Waals surface area contributed by atoms with E-state index >= 15 is 0 Å². The summed E-state index contributed by atoms with van der Waals surface area (Å²) in [4.78, 5) is 13.2. The van der Waals surface area contributed by atoms with Crippen molar-refractivity contribution in [2.45, 2.75) is 25.8 Å². The summed E-state index contributed by atoms with van der Waals surface area (Å²) in [5.74, 6) is 0.934. The van der Waals surface area contributed by atoms with E-state index in [0.717, 1.165) is 19.6 Å². The minimum Gasteiger partial charge on any atom is -0.341 e. The second kappa shape index (κ2) is 3.05. The molecule has 0 saturated carbocycles. The summed E-state index contributed by atoms with van der Waals surface area (Å²) in [6, 6.07) is 0.563. The topological polar surface area (TPSA) is 32.3 Å². The predicted molar refractivity (Wildman–Crippen MR) is 46.8 cm³/mol. The number of amides is 1. The summed E-state index contributed by atoms with van der Waals surface area (Å²) < 4.78 is 0. The molecule has 3 aliphatic heterocycles. The van der Waals surface area contributed by atoms with Crippen LogP contribution in [0.15, 0.2) is 0 Å². The van der Waals surface area contributed by atoms with Crippen molar-refractivity contribution in [3.8, 4) is 0 Å². The molecule has 2 bridgehead atoms. The van der Waals surface area contributed by atoms with Crippen molar-refractivity contribution in [3.63, 3.8) is 0 Å². The van der Waals surface area contributed by atoms with E-state index in [1.54, 1.807) is 6.92 Å². The van der Waals surface area contributed by atoms with Gasteiger partial charge in [-0.2, -0.15) is 0 Å². The average molecular weight is 168 g/mol. The van der Waals surface area contributed by atoms with Gasteiger partial charge in [-0.05, 0) is 25.3 Å². The molecule has 0 aromatic rings. The summed E-state index contributed by atoms with van der Waals surface area (Å²) in [6.45, 7) is 4.67. The van der Waals surface area contributed by atoms with Gasteiger partial charge in [0.1, 0.15) is 0 Å². The minimum atomic E-state index is 0.232. The highest BCUT2D eigenvalue weighted by Crippen LogP contribution is 2.21. The van der Waals surface area contributed by atoms with E-state index in [9.17, 15) is 4.79 Å². The minimum absolute atomic E-state index is 0.232. The highest BCUT2D eigenvalue weighted by Gasteiger charge is 2.29. The number of hydrogen-bond acceptors (Lipinski definition) is 2. The fraction of sp³-hybridized carbons (Fsp3) is 0.889. The van der Waals surface area contributed by atoms with Gasteiger partial charge in [-0.15, -0.1) is 0 Å². The number of piperidine rings is 1. The molecule has 0 aromatic carbocycles. The normalized spacial score (nSPS) is 34.9. The second-order valence-electron chi connectivity index (χ2n) is 3.97. The van der Waals surface area contributed by atoms with Crippen molar-refractivity contribution >= 4 is 5.91 Å². The monoisotopic (exact) mass is 168 g/mol. The molecule has 2 atom stereocenters. The van der Waals surface area contributed by atoms with E-state index in [0.29, 0.717) is 12.0 Å². The van der Waals surface area contributed by atoms with Crippen LogP contribution in [0.1, 0.15) is 19.8 Å². The molecule has 0 radical (unpaired) electrons. The Morgan fingerprint density at radius 1 is 1.42 bits per heavy atom. The maximum atomic E-state index is 11.2. The molecule has 12 heavy (non-hydrogen) atoms. The highest BCUT2D eigenvalue weighted by atomic mass is 16.2. The molecule has 3 fully saturated rings. The first-order valence-corrected chi connectivity index (χ1v) is 4.74. The Morgan fingerprint density at radius 3 is 2.83 bits per heavy atom. The molecule has 0 aromatic heterocycles. The fourth-order valence-corrected chi connectivity index (χ4v) is 2.20. The zero-order valence-corrected chi connectivity index (χ0v) is 7.55. The molecule has 1 N–H and O–H groups in total. The molecular weight excluding hydrogens is 152 g/mol. The van der Waals surface area contributed by atoms with Crippen molar-refractivity contribution in [1.82, 2.24) is 10.2 Å². The third-order valence-corrected chi connectivity index (χ3v) is 2.98. The van der Waals surface area contributed by atoms with Crippen LogP contribution in [0.2, 0.25) is 0 Å². The number of hydrogen-bond donors (Lipinski definition) is 1. The van der Waals surface area contributed by atoms with E-state index in [-0.39, 0.29) is 5.91 Å². The van der Waals surface area contributed by atoms with Crippen molar-refractivity contribution < 1.29 is 4.79 Å². The Hall–Kier alpha value is -0.570. The van der Waals surface area contributed by atoms with Crippen molar-refractivity contribution in [2.75, 3.05) is 19.6 Å². The van der Waals surface area contributed by atoms with Crippen LogP contribution in [0.25, 0.3) is 0 Å². The van der Waals surface area contributed by atoms with Gasteiger partial charge in [-0.3, -0.25) is 4.79 Å². The van der Waals surface area contributed by atoms with Crippen LogP contribution in [-0.2, 0) is 4.79 Å². The second-order valence-corrected chi connectivity index (χ2v) is 3.97.